The smallest absolute Gasteiger partial charge is 0.195 e. The van der Waals surface area contributed by atoms with Crippen LogP contribution in [0.2, 0.25) is 0 Å². The van der Waals surface area contributed by atoms with E-state index in [2.05, 4.69) is 0 Å². The van der Waals surface area contributed by atoms with Gasteiger partial charge in [-0.05, 0) is 36.6 Å². The van der Waals surface area contributed by atoms with Crippen LogP contribution in [0, 0.1) is 5.92 Å². The molecule has 0 unspecified atom stereocenters. The summed E-state index contributed by atoms with van der Waals surface area (Å²) in [6.07, 6.45) is 5.16. The highest BCUT2D eigenvalue weighted by molar-refractivity contribution is 8.09. The summed E-state index contributed by atoms with van der Waals surface area (Å²) < 4.78 is 51.5. The maximum absolute atomic E-state index is 13.2. The first-order valence-corrected chi connectivity index (χ1v) is 12.1. The molecule has 0 amide bonds. The van der Waals surface area contributed by atoms with E-state index in [1.165, 1.54) is 24.3 Å². The van der Waals surface area contributed by atoms with Gasteiger partial charge in [-0.2, -0.15) is 0 Å². The Labute approximate surface area is 156 Å². The number of benzene rings is 2. The van der Waals surface area contributed by atoms with Gasteiger partial charge >= 0.3 is 0 Å². The van der Waals surface area contributed by atoms with Crippen LogP contribution in [0.4, 0.5) is 0 Å². The summed E-state index contributed by atoms with van der Waals surface area (Å²) in [7, 11) is -7.99. The minimum Gasteiger partial charge on any atom is -0.222 e. The van der Waals surface area contributed by atoms with Crippen molar-refractivity contribution in [1.82, 2.24) is 0 Å². The van der Waals surface area contributed by atoms with Crippen LogP contribution in [0.5, 0.6) is 0 Å². The van der Waals surface area contributed by atoms with Crippen LogP contribution in [0.3, 0.4) is 0 Å². The van der Waals surface area contributed by atoms with Crippen molar-refractivity contribution in [3.63, 3.8) is 0 Å². The summed E-state index contributed by atoms with van der Waals surface area (Å²) in [6.45, 7) is 0. The van der Waals surface area contributed by atoms with Crippen LogP contribution >= 0.6 is 0 Å². The van der Waals surface area contributed by atoms with Crippen molar-refractivity contribution >= 4 is 19.7 Å². The van der Waals surface area contributed by atoms with E-state index in [0.29, 0.717) is 0 Å². The number of rotatable bonds is 6. The molecule has 0 aliphatic heterocycles. The lowest BCUT2D eigenvalue weighted by molar-refractivity contribution is 0.343. The predicted octanol–water partition coefficient (Wildman–Crippen LogP) is 4.23. The van der Waals surface area contributed by atoms with Crippen LogP contribution in [0.1, 0.15) is 38.5 Å². The van der Waals surface area contributed by atoms with Gasteiger partial charge in [0, 0.05) is 0 Å². The molecule has 0 bridgehead atoms. The molecular weight excluding hydrogens is 368 g/mol. The minimum atomic E-state index is -3.99. The van der Waals surface area contributed by atoms with Crippen molar-refractivity contribution in [3.05, 3.63) is 60.7 Å². The Morgan fingerprint density at radius 2 is 1.12 bits per heavy atom. The lowest BCUT2D eigenvalue weighted by Gasteiger charge is -2.26. The SMILES string of the molecule is O=S(=O)(c1ccccc1)C(CC1CCCCC1)S(=O)(=O)c1ccccc1. The third-order valence-electron chi connectivity index (χ3n) is 5.09. The quantitative estimate of drug-likeness (QED) is 0.738. The molecule has 0 spiro atoms. The van der Waals surface area contributed by atoms with Crippen molar-refractivity contribution in [1.29, 1.82) is 0 Å². The van der Waals surface area contributed by atoms with Gasteiger partial charge in [0.15, 0.2) is 24.3 Å². The Hall–Kier alpha value is -1.66. The topological polar surface area (TPSA) is 68.3 Å². The molecule has 2 aromatic carbocycles. The lowest BCUT2D eigenvalue weighted by atomic mass is 9.87. The predicted molar refractivity (Wildman–Crippen MR) is 102 cm³/mol. The second-order valence-electron chi connectivity index (χ2n) is 6.89. The van der Waals surface area contributed by atoms with Gasteiger partial charge in [0.05, 0.1) is 9.79 Å². The summed E-state index contributed by atoms with van der Waals surface area (Å²) in [5.74, 6) is 0.130. The molecule has 140 valence electrons. The number of hydrogen-bond donors (Lipinski definition) is 0. The Balaban J connectivity index is 2.04. The van der Waals surface area contributed by atoms with E-state index < -0.39 is 24.3 Å². The molecule has 26 heavy (non-hydrogen) atoms. The summed E-state index contributed by atoms with van der Waals surface area (Å²) in [6, 6.07) is 15.8. The molecule has 6 heteroatoms. The van der Waals surface area contributed by atoms with E-state index >= 15 is 0 Å². The maximum Gasteiger partial charge on any atom is 0.195 e. The van der Waals surface area contributed by atoms with Crippen LogP contribution in [-0.4, -0.2) is 21.4 Å². The zero-order valence-electron chi connectivity index (χ0n) is 14.6. The van der Waals surface area contributed by atoms with Gasteiger partial charge in [-0.15, -0.1) is 0 Å². The fourth-order valence-corrected chi connectivity index (χ4v) is 8.37. The first-order valence-electron chi connectivity index (χ1n) is 9.00. The Morgan fingerprint density at radius 3 is 1.54 bits per heavy atom. The molecule has 0 saturated heterocycles. The van der Waals surface area contributed by atoms with Crippen LogP contribution in [-0.2, 0) is 19.7 Å². The van der Waals surface area contributed by atoms with Gasteiger partial charge in [0.1, 0.15) is 0 Å². The van der Waals surface area contributed by atoms with Crippen LogP contribution < -0.4 is 0 Å². The fourth-order valence-electron chi connectivity index (χ4n) is 3.64. The van der Waals surface area contributed by atoms with Gasteiger partial charge in [0.25, 0.3) is 0 Å². The molecule has 3 rings (SSSR count). The van der Waals surface area contributed by atoms with Crippen LogP contribution in [0.15, 0.2) is 70.5 Å². The second kappa shape index (κ2) is 7.92. The molecule has 0 heterocycles. The highest BCUT2D eigenvalue weighted by Crippen LogP contribution is 2.35. The monoisotopic (exact) mass is 392 g/mol. The van der Waals surface area contributed by atoms with E-state index in [1.807, 2.05) is 0 Å². The van der Waals surface area contributed by atoms with Gasteiger partial charge in [0.2, 0.25) is 0 Å². The standard InChI is InChI=1S/C20H24O4S2/c21-25(22,18-12-6-2-7-13-18)20(16-17-10-4-1-5-11-17)26(23,24)19-14-8-3-9-15-19/h2-3,6-9,12-15,17,20H,1,4-5,10-11,16H2. The first-order chi connectivity index (χ1) is 12.4. The number of sulfone groups is 2. The molecular formula is C20H24O4S2. The largest absolute Gasteiger partial charge is 0.222 e. The molecule has 2 aromatic rings. The third-order valence-corrected chi connectivity index (χ3v) is 10.2. The van der Waals surface area contributed by atoms with E-state index in [9.17, 15) is 16.8 Å². The maximum atomic E-state index is 13.2. The van der Waals surface area contributed by atoms with Gasteiger partial charge in [-0.1, -0.05) is 68.5 Å². The van der Waals surface area contributed by atoms with E-state index in [1.54, 1.807) is 36.4 Å². The molecule has 1 fully saturated rings. The zero-order chi connectivity index (χ0) is 18.6. The summed E-state index contributed by atoms with van der Waals surface area (Å²) in [5.41, 5.74) is 0. The first kappa shape index (κ1) is 19.1. The van der Waals surface area contributed by atoms with Crippen molar-refractivity contribution < 1.29 is 16.8 Å². The van der Waals surface area contributed by atoms with Crippen molar-refractivity contribution in [3.8, 4) is 0 Å². The van der Waals surface area contributed by atoms with Crippen molar-refractivity contribution in [2.24, 2.45) is 5.92 Å². The third kappa shape index (κ3) is 4.01. The van der Waals surface area contributed by atoms with Gasteiger partial charge in [-0.25, -0.2) is 16.8 Å². The highest BCUT2D eigenvalue weighted by Gasteiger charge is 2.41. The van der Waals surface area contributed by atoms with Gasteiger partial charge < -0.3 is 0 Å². The molecule has 0 atom stereocenters. The van der Waals surface area contributed by atoms with E-state index in [-0.39, 0.29) is 22.1 Å². The molecule has 4 nitrogen and oxygen atoms in total. The van der Waals surface area contributed by atoms with E-state index in [0.717, 1.165) is 32.1 Å². The molecule has 1 aliphatic carbocycles. The van der Waals surface area contributed by atoms with Gasteiger partial charge in [-0.3, -0.25) is 0 Å². The highest BCUT2D eigenvalue weighted by atomic mass is 32.3. The minimum absolute atomic E-state index is 0.0697. The van der Waals surface area contributed by atoms with Crippen molar-refractivity contribution in [2.75, 3.05) is 0 Å². The Kier molecular flexibility index (Phi) is 5.82. The Morgan fingerprint density at radius 1 is 0.692 bits per heavy atom. The molecule has 0 radical (unpaired) electrons. The molecule has 0 aromatic heterocycles. The molecule has 0 N–H and O–H groups in total. The average Bonchev–Trinajstić information content (AvgIpc) is 2.68. The Bertz CT molecular complexity index is 845. The lowest BCUT2D eigenvalue weighted by Crippen LogP contribution is -2.33. The van der Waals surface area contributed by atoms with Crippen molar-refractivity contribution in [2.45, 2.75) is 52.9 Å². The molecule has 1 aliphatic rings. The number of hydrogen-bond acceptors (Lipinski definition) is 4. The summed E-state index contributed by atoms with van der Waals surface area (Å²) >= 11 is 0. The van der Waals surface area contributed by atoms with Crippen LogP contribution in [0.25, 0.3) is 0 Å². The zero-order valence-corrected chi connectivity index (χ0v) is 16.3. The summed E-state index contributed by atoms with van der Waals surface area (Å²) in [4.78, 5) is 0.139. The average molecular weight is 393 g/mol. The molecule has 1 saturated carbocycles. The van der Waals surface area contributed by atoms with E-state index in [4.69, 9.17) is 0 Å². The second-order valence-corrected chi connectivity index (χ2v) is 11.4. The normalized spacial score (nSPS) is 16.7. The fraction of sp³-hybridized carbons (Fsp3) is 0.400. The summed E-state index contributed by atoms with van der Waals surface area (Å²) in [5, 5.41) is 0.